The van der Waals surface area contributed by atoms with Gasteiger partial charge in [0.25, 0.3) is 10.0 Å². The molecule has 8 heteroatoms. The molecule has 0 spiro atoms. The first-order valence-electron chi connectivity index (χ1n) is 5.37. The summed E-state index contributed by atoms with van der Waals surface area (Å²) < 4.78 is 31.9. The number of sulfonamides is 1. The Labute approximate surface area is 115 Å². The van der Waals surface area contributed by atoms with Gasteiger partial charge in [0.2, 0.25) is 0 Å². The highest BCUT2D eigenvalue weighted by Crippen LogP contribution is 2.25. The maximum atomic E-state index is 12.2. The third-order valence-electron chi connectivity index (χ3n) is 2.40. The Kier molecular flexibility index (Phi) is 3.79. The van der Waals surface area contributed by atoms with E-state index < -0.39 is 10.0 Å². The van der Waals surface area contributed by atoms with Crippen LogP contribution in [-0.4, -0.2) is 13.4 Å². The van der Waals surface area contributed by atoms with Crippen molar-refractivity contribution in [2.75, 3.05) is 4.72 Å². The second kappa shape index (κ2) is 5.20. The summed E-state index contributed by atoms with van der Waals surface area (Å²) in [5.74, 6) is 0.726. The van der Waals surface area contributed by atoms with Crippen LogP contribution in [0.1, 0.15) is 11.5 Å². The fourth-order valence-corrected chi connectivity index (χ4v) is 2.99. The topological polar surface area (TPSA) is 98.2 Å². The molecule has 2 heterocycles. The van der Waals surface area contributed by atoms with E-state index in [2.05, 4.69) is 9.71 Å². The molecule has 0 aliphatic carbocycles. The molecule has 0 atom stereocenters. The minimum absolute atomic E-state index is 0.0228. The second-order valence-corrected chi connectivity index (χ2v) is 5.83. The van der Waals surface area contributed by atoms with Crippen LogP contribution in [-0.2, 0) is 16.6 Å². The Morgan fingerprint density at radius 2 is 2.26 bits per heavy atom. The maximum Gasteiger partial charge on any atom is 0.266 e. The summed E-state index contributed by atoms with van der Waals surface area (Å²) in [4.78, 5) is 3.89. The number of anilines is 1. The van der Waals surface area contributed by atoms with E-state index in [0.29, 0.717) is 5.76 Å². The van der Waals surface area contributed by atoms with Gasteiger partial charge in [0.05, 0.1) is 11.6 Å². The predicted molar refractivity (Wildman–Crippen MR) is 71.4 cm³/mol. The zero-order valence-corrected chi connectivity index (χ0v) is 11.6. The number of furan rings is 1. The lowest BCUT2D eigenvalue weighted by Gasteiger charge is -2.07. The molecule has 0 fully saturated rings. The van der Waals surface area contributed by atoms with E-state index in [1.807, 2.05) is 0 Å². The average Bonchev–Trinajstić information content (AvgIpc) is 2.74. The molecule has 0 saturated heterocycles. The van der Waals surface area contributed by atoms with Crippen molar-refractivity contribution in [3.63, 3.8) is 0 Å². The molecule has 0 radical (unpaired) electrons. The lowest BCUT2D eigenvalue weighted by Crippen LogP contribution is -2.14. The van der Waals surface area contributed by atoms with Gasteiger partial charge >= 0.3 is 0 Å². The molecule has 0 bridgehead atoms. The number of hydrogen-bond acceptors (Lipinski definition) is 5. The van der Waals surface area contributed by atoms with Gasteiger partial charge in [0.1, 0.15) is 16.4 Å². The van der Waals surface area contributed by atoms with Crippen LogP contribution < -0.4 is 10.5 Å². The lowest BCUT2D eigenvalue weighted by atomic mass is 10.4. The first-order valence-corrected chi connectivity index (χ1v) is 7.23. The van der Waals surface area contributed by atoms with Gasteiger partial charge in [-0.05, 0) is 19.1 Å². The Hall–Kier alpha value is -1.57. The highest BCUT2D eigenvalue weighted by Gasteiger charge is 2.22. The molecular formula is C11H12ClN3O3S. The maximum absolute atomic E-state index is 12.2. The smallest absolute Gasteiger partial charge is 0.266 e. The number of aromatic nitrogens is 1. The number of pyridine rings is 1. The number of aryl methyl sites for hydroxylation is 1. The van der Waals surface area contributed by atoms with Crippen molar-refractivity contribution in [1.82, 2.24) is 4.98 Å². The standard InChI is InChI=1S/C11H12ClN3O3S/c1-7-10(5-8(6-13)18-7)19(16,17)15-11-9(12)3-2-4-14-11/h2-5H,6,13H2,1H3,(H,14,15). The molecule has 0 saturated carbocycles. The van der Waals surface area contributed by atoms with Gasteiger partial charge < -0.3 is 10.2 Å². The first kappa shape index (κ1) is 13.9. The van der Waals surface area contributed by atoms with Crippen molar-refractivity contribution in [2.45, 2.75) is 18.4 Å². The van der Waals surface area contributed by atoms with E-state index in [-0.39, 0.29) is 28.0 Å². The molecule has 2 aromatic rings. The van der Waals surface area contributed by atoms with Gasteiger partial charge in [-0.15, -0.1) is 0 Å². The number of nitrogens with two attached hydrogens (primary N) is 1. The van der Waals surface area contributed by atoms with Crippen LogP contribution in [0.25, 0.3) is 0 Å². The average molecular weight is 302 g/mol. The summed E-state index contributed by atoms with van der Waals surface area (Å²) >= 11 is 5.86. The van der Waals surface area contributed by atoms with Gasteiger partial charge in [0.15, 0.2) is 5.82 Å². The van der Waals surface area contributed by atoms with Crippen molar-refractivity contribution >= 4 is 27.4 Å². The molecule has 19 heavy (non-hydrogen) atoms. The molecule has 0 aromatic carbocycles. The molecule has 102 valence electrons. The fraction of sp³-hybridized carbons (Fsp3) is 0.182. The van der Waals surface area contributed by atoms with Crippen molar-refractivity contribution in [3.8, 4) is 0 Å². The van der Waals surface area contributed by atoms with E-state index >= 15 is 0 Å². The Balaban J connectivity index is 2.38. The second-order valence-electron chi connectivity index (χ2n) is 3.78. The lowest BCUT2D eigenvalue weighted by molar-refractivity contribution is 0.479. The number of nitrogens with zero attached hydrogens (tertiary/aromatic N) is 1. The quantitative estimate of drug-likeness (QED) is 0.898. The summed E-state index contributed by atoms with van der Waals surface area (Å²) in [6, 6.07) is 4.53. The highest BCUT2D eigenvalue weighted by atomic mass is 35.5. The molecule has 6 nitrogen and oxygen atoms in total. The van der Waals surface area contributed by atoms with Gasteiger partial charge in [-0.1, -0.05) is 11.6 Å². The normalized spacial score (nSPS) is 11.5. The third-order valence-corrected chi connectivity index (χ3v) is 4.15. The molecule has 2 rings (SSSR count). The minimum Gasteiger partial charge on any atom is -0.464 e. The van der Waals surface area contributed by atoms with Crippen molar-refractivity contribution in [2.24, 2.45) is 5.73 Å². The minimum atomic E-state index is -3.80. The van der Waals surface area contributed by atoms with Crippen molar-refractivity contribution < 1.29 is 12.8 Å². The van der Waals surface area contributed by atoms with Gasteiger partial charge in [0, 0.05) is 12.3 Å². The van der Waals surface area contributed by atoms with Crippen LogP contribution in [0.2, 0.25) is 5.02 Å². The largest absolute Gasteiger partial charge is 0.464 e. The fourth-order valence-electron chi connectivity index (χ4n) is 1.53. The SMILES string of the molecule is Cc1oc(CN)cc1S(=O)(=O)Nc1ncccc1Cl. The summed E-state index contributed by atoms with van der Waals surface area (Å²) in [5.41, 5.74) is 5.41. The summed E-state index contributed by atoms with van der Waals surface area (Å²) in [6.07, 6.45) is 1.44. The van der Waals surface area contributed by atoms with Gasteiger partial charge in [-0.3, -0.25) is 4.72 Å². The number of rotatable bonds is 4. The molecule has 0 amide bonds. The van der Waals surface area contributed by atoms with Crippen LogP contribution >= 0.6 is 11.6 Å². The van der Waals surface area contributed by atoms with Crippen LogP contribution in [0.15, 0.2) is 33.7 Å². The molecule has 2 aromatic heterocycles. The van der Waals surface area contributed by atoms with Crippen LogP contribution in [0, 0.1) is 6.92 Å². The van der Waals surface area contributed by atoms with E-state index in [4.69, 9.17) is 21.8 Å². The van der Waals surface area contributed by atoms with E-state index in [9.17, 15) is 8.42 Å². The summed E-state index contributed by atoms with van der Waals surface area (Å²) in [5, 5.41) is 0.214. The van der Waals surface area contributed by atoms with Crippen LogP contribution in [0.5, 0.6) is 0 Å². The van der Waals surface area contributed by atoms with Crippen LogP contribution in [0.4, 0.5) is 5.82 Å². The summed E-state index contributed by atoms with van der Waals surface area (Å²) in [7, 11) is -3.80. The molecule has 0 aliphatic heterocycles. The number of nitrogens with one attached hydrogen (secondary N) is 1. The monoisotopic (exact) mass is 301 g/mol. The van der Waals surface area contributed by atoms with Crippen LogP contribution in [0.3, 0.4) is 0 Å². The Morgan fingerprint density at radius 1 is 1.53 bits per heavy atom. The van der Waals surface area contributed by atoms with E-state index in [1.165, 1.54) is 12.3 Å². The zero-order valence-electron chi connectivity index (χ0n) is 10.1. The highest BCUT2D eigenvalue weighted by molar-refractivity contribution is 7.92. The van der Waals surface area contributed by atoms with Crippen molar-refractivity contribution in [3.05, 3.63) is 40.9 Å². The number of halogens is 1. The van der Waals surface area contributed by atoms with Gasteiger partial charge in [-0.2, -0.15) is 0 Å². The van der Waals surface area contributed by atoms with E-state index in [1.54, 1.807) is 19.1 Å². The Morgan fingerprint density at radius 3 is 2.84 bits per heavy atom. The molecule has 0 unspecified atom stereocenters. The van der Waals surface area contributed by atoms with E-state index in [0.717, 1.165) is 0 Å². The number of hydrogen-bond donors (Lipinski definition) is 2. The van der Waals surface area contributed by atoms with Gasteiger partial charge in [-0.25, -0.2) is 13.4 Å². The molecule has 0 aliphatic rings. The first-order chi connectivity index (χ1) is 8.94. The summed E-state index contributed by atoms with van der Waals surface area (Å²) in [6.45, 7) is 1.68. The molecule has 3 N–H and O–H groups in total. The third kappa shape index (κ3) is 2.89. The Bertz CT molecular complexity index is 697. The zero-order chi connectivity index (χ0) is 14.0. The van der Waals surface area contributed by atoms with Crippen molar-refractivity contribution in [1.29, 1.82) is 0 Å². The predicted octanol–water partition coefficient (Wildman–Crippen LogP) is 1.90. The molecular weight excluding hydrogens is 290 g/mol.